The molecular formula is C14H17N3O. The van der Waals surface area contributed by atoms with Crippen LogP contribution < -0.4 is 4.90 Å². The Hall–Kier alpha value is -1.84. The summed E-state index contributed by atoms with van der Waals surface area (Å²) in [6, 6.07) is 7.93. The first-order valence-corrected chi connectivity index (χ1v) is 6.28. The van der Waals surface area contributed by atoms with E-state index in [0.717, 1.165) is 23.4 Å². The van der Waals surface area contributed by atoms with Crippen molar-refractivity contribution in [3.05, 3.63) is 24.3 Å². The maximum Gasteiger partial charge on any atom is 0.232 e. The second kappa shape index (κ2) is 3.83. The van der Waals surface area contributed by atoms with Crippen LogP contribution in [-0.4, -0.2) is 22.5 Å². The van der Waals surface area contributed by atoms with Gasteiger partial charge in [-0.1, -0.05) is 19.1 Å². The summed E-state index contributed by atoms with van der Waals surface area (Å²) in [5, 5.41) is 0. The van der Waals surface area contributed by atoms with Crippen molar-refractivity contribution in [1.82, 2.24) is 9.55 Å². The molecule has 0 bridgehead atoms. The van der Waals surface area contributed by atoms with E-state index >= 15 is 0 Å². The van der Waals surface area contributed by atoms with Gasteiger partial charge in [0.05, 0.1) is 11.0 Å². The van der Waals surface area contributed by atoms with Gasteiger partial charge in [-0.3, -0.25) is 9.69 Å². The van der Waals surface area contributed by atoms with Gasteiger partial charge in [-0.2, -0.15) is 0 Å². The lowest BCUT2D eigenvalue weighted by atomic mass is 10.3. The van der Waals surface area contributed by atoms with Gasteiger partial charge in [0.1, 0.15) is 0 Å². The van der Waals surface area contributed by atoms with Gasteiger partial charge >= 0.3 is 0 Å². The number of carbonyl (C=O) groups excluding carboxylic acids is 1. The SMILES string of the molecule is CC1CC1C(=O)N(C)c1nc2ccccc2n1C. The summed E-state index contributed by atoms with van der Waals surface area (Å²) in [6.45, 7) is 2.12. The third-order valence-electron chi connectivity index (χ3n) is 3.82. The standard InChI is InChI=1S/C14H17N3O/c1-9-8-10(9)13(18)17(3)14-15-11-6-4-5-7-12(11)16(14)2/h4-7,9-10H,8H2,1-3H3. The number of benzene rings is 1. The van der Waals surface area contributed by atoms with Crippen LogP contribution in [0.25, 0.3) is 11.0 Å². The van der Waals surface area contributed by atoms with Gasteiger partial charge in [-0.15, -0.1) is 0 Å². The van der Waals surface area contributed by atoms with Crippen molar-refractivity contribution in [3.63, 3.8) is 0 Å². The molecule has 1 fully saturated rings. The lowest BCUT2D eigenvalue weighted by Gasteiger charge is -2.16. The molecule has 4 nitrogen and oxygen atoms in total. The van der Waals surface area contributed by atoms with Gasteiger partial charge in [0.25, 0.3) is 0 Å². The quantitative estimate of drug-likeness (QED) is 0.811. The average molecular weight is 243 g/mol. The molecule has 3 rings (SSSR count). The van der Waals surface area contributed by atoms with Crippen LogP contribution in [0.4, 0.5) is 5.95 Å². The summed E-state index contributed by atoms with van der Waals surface area (Å²) in [4.78, 5) is 18.4. The van der Waals surface area contributed by atoms with E-state index in [1.165, 1.54) is 0 Å². The van der Waals surface area contributed by atoms with Crippen molar-refractivity contribution in [2.24, 2.45) is 18.9 Å². The molecule has 94 valence electrons. The average Bonchev–Trinajstić information content (AvgIpc) is 3.01. The zero-order valence-corrected chi connectivity index (χ0v) is 10.9. The largest absolute Gasteiger partial charge is 0.313 e. The van der Waals surface area contributed by atoms with Crippen LogP contribution in [-0.2, 0) is 11.8 Å². The number of aryl methyl sites for hydroxylation is 1. The number of hydrogen-bond donors (Lipinski definition) is 0. The highest BCUT2D eigenvalue weighted by Gasteiger charge is 2.41. The Bertz CT molecular complexity index is 617. The van der Waals surface area contributed by atoms with Crippen LogP contribution in [0.5, 0.6) is 0 Å². The van der Waals surface area contributed by atoms with Gasteiger partial charge in [-0.05, 0) is 24.5 Å². The Morgan fingerprint density at radius 2 is 2.11 bits per heavy atom. The van der Waals surface area contributed by atoms with E-state index < -0.39 is 0 Å². The first-order chi connectivity index (χ1) is 8.59. The zero-order valence-electron chi connectivity index (χ0n) is 10.9. The van der Waals surface area contributed by atoms with Crippen molar-refractivity contribution in [1.29, 1.82) is 0 Å². The number of para-hydroxylation sites is 2. The van der Waals surface area contributed by atoms with Crippen molar-refractivity contribution in [3.8, 4) is 0 Å². The predicted octanol–water partition coefficient (Wildman–Crippen LogP) is 2.19. The van der Waals surface area contributed by atoms with Crippen molar-refractivity contribution in [2.45, 2.75) is 13.3 Å². The Labute approximate surface area is 106 Å². The van der Waals surface area contributed by atoms with Crippen LogP contribution in [0.3, 0.4) is 0 Å². The molecule has 1 aromatic carbocycles. The smallest absolute Gasteiger partial charge is 0.232 e. The van der Waals surface area contributed by atoms with E-state index in [-0.39, 0.29) is 11.8 Å². The fourth-order valence-electron chi connectivity index (χ4n) is 2.45. The minimum Gasteiger partial charge on any atom is -0.313 e. The van der Waals surface area contributed by atoms with Gasteiger partial charge in [0.2, 0.25) is 11.9 Å². The van der Waals surface area contributed by atoms with Crippen LogP contribution in [0.15, 0.2) is 24.3 Å². The van der Waals surface area contributed by atoms with Gasteiger partial charge < -0.3 is 4.57 Å². The number of anilines is 1. The molecular weight excluding hydrogens is 226 g/mol. The molecule has 1 heterocycles. The van der Waals surface area contributed by atoms with Gasteiger partial charge in [0.15, 0.2) is 0 Å². The Kier molecular flexibility index (Phi) is 2.40. The number of carbonyl (C=O) groups is 1. The summed E-state index contributed by atoms with van der Waals surface area (Å²) in [6.07, 6.45) is 1.01. The van der Waals surface area contributed by atoms with Gasteiger partial charge in [0, 0.05) is 20.0 Å². The molecule has 1 aliphatic carbocycles. The molecule has 1 aromatic heterocycles. The second-order valence-corrected chi connectivity index (χ2v) is 5.18. The Morgan fingerprint density at radius 1 is 1.44 bits per heavy atom. The fraction of sp³-hybridized carbons (Fsp3) is 0.429. The fourth-order valence-corrected chi connectivity index (χ4v) is 2.45. The summed E-state index contributed by atoms with van der Waals surface area (Å²) < 4.78 is 1.97. The molecule has 1 saturated carbocycles. The Morgan fingerprint density at radius 3 is 2.72 bits per heavy atom. The highest BCUT2D eigenvalue weighted by atomic mass is 16.2. The maximum absolute atomic E-state index is 12.2. The van der Waals surface area contributed by atoms with E-state index in [4.69, 9.17) is 0 Å². The minimum atomic E-state index is 0.181. The third kappa shape index (κ3) is 1.60. The van der Waals surface area contributed by atoms with Crippen LogP contribution >= 0.6 is 0 Å². The van der Waals surface area contributed by atoms with Crippen LogP contribution in [0.1, 0.15) is 13.3 Å². The zero-order chi connectivity index (χ0) is 12.9. The van der Waals surface area contributed by atoms with Crippen molar-refractivity contribution in [2.75, 3.05) is 11.9 Å². The van der Waals surface area contributed by atoms with E-state index in [2.05, 4.69) is 11.9 Å². The lowest BCUT2D eigenvalue weighted by molar-refractivity contribution is -0.119. The summed E-state index contributed by atoms with van der Waals surface area (Å²) in [5.41, 5.74) is 1.98. The number of imidazole rings is 1. The molecule has 2 unspecified atom stereocenters. The molecule has 0 radical (unpaired) electrons. The summed E-state index contributed by atoms with van der Waals surface area (Å²) in [7, 11) is 3.76. The molecule has 0 aliphatic heterocycles. The molecule has 18 heavy (non-hydrogen) atoms. The highest BCUT2D eigenvalue weighted by molar-refractivity contribution is 5.96. The molecule has 2 aromatic rings. The Balaban J connectivity index is 1.98. The molecule has 0 spiro atoms. The number of amides is 1. The van der Waals surface area contributed by atoms with E-state index in [9.17, 15) is 4.79 Å². The van der Waals surface area contributed by atoms with Gasteiger partial charge in [-0.25, -0.2) is 4.98 Å². The molecule has 1 aliphatic rings. The second-order valence-electron chi connectivity index (χ2n) is 5.18. The van der Waals surface area contributed by atoms with E-state index in [1.54, 1.807) is 4.90 Å². The van der Waals surface area contributed by atoms with Crippen LogP contribution in [0, 0.1) is 11.8 Å². The topological polar surface area (TPSA) is 38.1 Å². The lowest BCUT2D eigenvalue weighted by Crippen LogP contribution is -2.30. The number of fused-ring (bicyclic) bond motifs is 1. The maximum atomic E-state index is 12.2. The summed E-state index contributed by atoms with van der Waals surface area (Å²) >= 11 is 0. The number of nitrogens with zero attached hydrogens (tertiary/aromatic N) is 3. The molecule has 0 saturated heterocycles. The van der Waals surface area contributed by atoms with Crippen LogP contribution in [0.2, 0.25) is 0 Å². The van der Waals surface area contributed by atoms with Crippen molar-refractivity contribution < 1.29 is 4.79 Å². The molecule has 1 amide bonds. The molecule has 2 atom stereocenters. The minimum absolute atomic E-state index is 0.181. The normalized spacial score (nSPS) is 22.2. The number of hydrogen-bond acceptors (Lipinski definition) is 2. The first kappa shape index (κ1) is 11.3. The number of aromatic nitrogens is 2. The molecule has 4 heteroatoms. The highest BCUT2D eigenvalue weighted by Crippen LogP contribution is 2.39. The first-order valence-electron chi connectivity index (χ1n) is 6.28. The third-order valence-corrected chi connectivity index (χ3v) is 3.82. The predicted molar refractivity (Wildman–Crippen MR) is 71.4 cm³/mol. The number of rotatable bonds is 2. The van der Waals surface area contributed by atoms with Crippen molar-refractivity contribution >= 4 is 22.9 Å². The van der Waals surface area contributed by atoms with E-state index in [0.29, 0.717) is 5.92 Å². The monoisotopic (exact) mass is 243 g/mol. The van der Waals surface area contributed by atoms with E-state index in [1.807, 2.05) is 42.9 Å². The summed E-state index contributed by atoms with van der Waals surface area (Å²) in [5.74, 6) is 1.62. The molecule has 0 N–H and O–H groups in total.